The summed E-state index contributed by atoms with van der Waals surface area (Å²) in [5, 5.41) is 7.03. The van der Waals surface area contributed by atoms with E-state index in [9.17, 15) is 0 Å². The summed E-state index contributed by atoms with van der Waals surface area (Å²) in [5.41, 5.74) is 0. The number of hydrogen-bond donors (Lipinski definition) is 1. The molecular weight excluding hydrogens is 280 g/mol. The zero-order valence-electron chi connectivity index (χ0n) is 13.5. The molecule has 0 spiro atoms. The van der Waals surface area contributed by atoms with E-state index in [1.807, 2.05) is 6.20 Å². The molecule has 21 heavy (non-hydrogen) atoms. The lowest BCUT2D eigenvalue weighted by Crippen LogP contribution is -2.47. The second-order valence-electron chi connectivity index (χ2n) is 6.01. The van der Waals surface area contributed by atoms with Gasteiger partial charge in [-0.25, -0.2) is 4.98 Å². The van der Waals surface area contributed by atoms with Crippen LogP contribution < -0.4 is 5.32 Å². The first-order chi connectivity index (χ1) is 10.3. The predicted octanol–water partition coefficient (Wildman–Crippen LogP) is 4.04. The molecule has 1 aliphatic rings. The predicted molar refractivity (Wildman–Crippen MR) is 89.9 cm³/mol. The highest BCUT2D eigenvalue weighted by Crippen LogP contribution is 2.30. The van der Waals surface area contributed by atoms with Crippen molar-refractivity contribution < 1.29 is 4.74 Å². The van der Waals surface area contributed by atoms with Gasteiger partial charge in [0, 0.05) is 30.6 Å². The topological polar surface area (TPSA) is 34.2 Å². The van der Waals surface area contributed by atoms with Crippen molar-refractivity contribution in [2.75, 3.05) is 13.2 Å². The summed E-state index contributed by atoms with van der Waals surface area (Å²) in [7, 11) is 0. The summed E-state index contributed by atoms with van der Waals surface area (Å²) in [6, 6.07) is 0.402. The number of nitrogens with zero attached hydrogens (tertiary/aromatic N) is 1. The number of ether oxygens (including phenoxy) is 1. The molecule has 0 aromatic carbocycles. The molecule has 1 saturated carbocycles. The van der Waals surface area contributed by atoms with Crippen LogP contribution in [0.15, 0.2) is 11.6 Å². The number of aromatic nitrogens is 1. The number of rotatable bonds is 9. The van der Waals surface area contributed by atoms with Crippen molar-refractivity contribution in [3.8, 4) is 0 Å². The molecule has 0 bridgehead atoms. The van der Waals surface area contributed by atoms with Gasteiger partial charge in [-0.2, -0.15) is 0 Å². The Labute approximate surface area is 133 Å². The van der Waals surface area contributed by atoms with Crippen LogP contribution in [-0.2, 0) is 11.2 Å². The molecule has 1 N–H and O–H groups in total. The Kier molecular flexibility index (Phi) is 7.69. The van der Waals surface area contributed by atoms with E-state index in [0.717, 1.165) is 26.0 Å². The average Bonchev–Trinajstić information content (AvgIpc) is 3.03. The van der Waals surface area contributed by atoms with Crippen LogP contribution in [0.3, 0.4) is 0 Å². The van der Waals surface area contributed by atoms with E-state index in [1.54, 1.807) is 11.3 Å². The maximum Gasteiger partial charge on any atom is 0.0941 e. The normalized spacial score (nSPS) is 19.5. The third kappa shape index (κ3) is 5.35. The minimum atomic E-state index is 0.339. The first kappa shape index (κ1) is 16.9. The van der Waals surface area contributed by atoms with Crippen molar-refractivity contribution in [2.45, 2.75) is 70.9 Å². The second-order valence-corrected chi connectivity index (χ2v) is 6.99. The molecule has 2 unspecified atom stereocenters. The fourth-order valence-electron chi connectivity index (χ4n) is 3.41. The van der Waals surface area contributed by atoms with Crippen molar-refractivity contribution in [3.05, 3.63) is 16.6 Å². The van der Waals surface area contributed by atoms with Gasteiger partial charge in [-0.15, -0.1) is 11.3 Å². The lowest BCUT2D eigenvalue weighted by atomic mass is 9.81. The summed E-state index contributed by atoms with van der Waals surface area (Å²) in [6.07, 6.45) is 11.2. The third-order valence-corrected chi connectivity index (χ3v) is 5.21. The highest BCUT2D eigenvalue weighted by atomic mass is 32.1. The maximum atomic E-state index is 6.20. The largest absolute Gasteiger partial charge is 0.377 e. The van der Waals surface area contributed by atoms with Crippen molar-refractivity contribution in [2.24, 2.45) is 5.92 Å². The van der Waals surface area contributed by atoms with Crippen molar-refractivity contribution in [3.63, 3.8) is 0 Å². The van der Waals surface area contributed by atoms with E-state index >= 15 is 0 Å². The average molecular weight is 311 g/mol. The maximum absolute atomic E-state index is 6.20. The summed E-state index contributed by atoms with van der Waals surface area (Å²) in [6.45, 7) is 6.22. The Morgan fingerprint density at radius 3 is 2.76 bits per heavy atom. The first-order valence-corrected chi connectivity index (χ1v) is 9.46. The second kappa shape index (κ2) is 9.54. The van der Waals surface area contributed by atoms with Gasteiger partial charge in [-0.3, -0.25) is 0 Å². The highest BCUT2D eigenvalue weighted by molar-refractivity contribution is 7.09. The zero-order chi connectivity index (χ0) is 14.9. The Balaban J connectivity index is 2.04. The summed E-state index contributed by atoms with van der Waals surface area (Å²) < 4.78 is 6.20. The monoisotopic (exact) mass is 310 g/mol. The SMILES string of the molecule is CCCNC(Cc1nccs1)C(OCC)C1CCCCC1. The third-order valence-electron chi connectivity index (χ3n) is 4.40. The lowest BCUT2D eigenvalue weighted by molar-refractivity contribution is -0.0174. The summed E-state index contributed by atoms with van der Waals surface area (Å²) in [4.78, 5) is 4.47. The minimum Gasteiger partial charge on any atom is -0.377 e. The molecule has 0 saturated heterocycles. The van der Waals surface area contributed by atoms with E-state index in [4.69, 9.17) is 4.74 Å². The van der Waals surface area contributed by atoms with Crippen LogP contribution in [0.2, 0.25) is 0 Å². The smallest absolute Gasteiger partial charge is 0.0941 e. The van der Waals surface area contributed by atoms with Gasteiger partial charge in [0.25, 0.3) is 0 Å². The fraction of sp³-hybridized carbons (Fsp3) is 0.824. The Hall–Kier alpha value is -0.450. The van der Waals surface area contributed by atoms with Gasteiger partial charge in [0.15, 0.2) is 0 Å². The van der Waals surface area contributed by atoms with Crippen molar-refractivity contribution >= 4 is 11.3 Å². The Morgan fingerprint density at radius 1 is 1.33 bits per heavy atom. The Morgan fingerprint density at radius 2 is 2.14 bits per heavy atom. The van der Waals surface area contributed by atoms with E-state index < -0.39 is 0 Å². The van der Waals surface area contributed by atoms with Crippen LogP contribution in [0.1, 0.15) is 57.4 Å². The quantitative estimate of drug-likeness (QED) is 0.747. The van der Waals surface area contributed by atoms with Crippen LogP contribution in [-0.4, -0.2) is 30.3 Å². The van der Waals surface area contributed by atoms with Gasteiger partial charge in [-0.1, -0.05) is 26.2 Å². The molecule has 1 fully saturated rings. The van der Waals surface area contributed by atoms with E-state index in [-0.39, 0.29) is 0 Å². The van der Waals surface area contributed by atoms with Crippen LogP contribution in [0.5, 0.6) is 0 Å². The molecule has 0 aliphatic heterocycles. The number of thiazole rings is 1. The molecule has 1 heterocycles. The summed E-state index contributed by atoms with van der Waals surface area (Å²) >= 11 is 1.76. The van der Waals surface area contributed by atoms with Crippen LogP contribution in [0, 0.1) is 5.92 Å². The minimum absolute atomic E-state index is 0.339. The van der Waals surface area contributed by atoms with Gasteiger partial charge < -0.3 is 10.1 Å². The van der Waals surface area contributed by atoms with Crippen LogP contribution in [0.4, 0.5) is 0 Å². The zero-order valence-corrected chi connectivity index (χ0v) is 14.3. The number of nitrogens with one attached hydrogen (secondary N) is 1. The molecule has 1 aliphatic carbocycles. The van der Waals surface area contributed by atoms with Crippen molar-refractivity contribution in [1.29, 1.82) is 0 Å². The first-order valence-electron chi connectivity index (χ1n) is 8.58. The van der Waals surface area contributed by atoms with E-state index in [0.29, 0.717) is 18.1 Å². The molecule has 1 aromatic heterocycles. The molecule has 120 valence electrons. The van der Waals surface area contributed by atoms with Gasteiger partial charge in [0.1, 0.15) is 0 Å². The molecule has 4 heteroatoms. The molecule has 1 aromatic rings. The number of hydrogen-bond acceptors (Lipinski definition) is 4. The van der Waals surface area contributed by atoms with Gasteiger partial charge >= 0.3 is 0 Å². The summed E-state index contributed by atoms with van der Waals surface area (Å²) in [5.74, 6) is 0.716. The van der Waals surface area contributed by atoms with Crippen LogP contribution >= 0.6 is 11.3 Å². The molecule has 0 amide bonds. The Bertz CT molecular complexity index is 363. The van der Waals surface area contributed by atoms with Crippen molar-refractivity contribution in [1.82, 2.24) is 10.3 Å². The van der Waals surface area contributed by atoms with E-state index in [2.05, 4.69) is 29.5 Å². The van der Waals surface area contributed by atoms with Gasteiger partial charge in [0.2, 0.25) is 0 Å². The van der Waals surface area contributed by atoms with Crippen LogP contribution in [0.25, 0.3) is 0 Å². The van der Waals surface area contributed by atoms with E-state index in [1.165, 1.54) is 37.1 Å². The highest BCUT2D eigenvalue weighted by Gasteiger charge is 2.31. The molecule has 3 nitrogen and oxygen atoms in total. The van der Waals surface area contributed by atoms with Gasteiger partial charge in [0.05, 0.1) is 11.1 Å². The molecule has 2 rings (SSSR count). The standard InChI is InChI=1S/C17H30N2OS/c1-3-10-18-15(13-16-19-11-12-21-16)17(20-4-2)14-8-6-5-7-9-14/h11-12,14-15,17-18H,3-10,13H2,1-2H3. The fourth-order valence-corrected chi connectivity index (χ4v) is 4.09. The molecule has 2 atom stereocenters. The molecular formula is C17H30N2OS. The van der Waals surface area contributed by atoms with Gasteiger partial charge in [-0.05, 0) is 38.6 Å². The molecule has 0 radical (unpaired) electrons. The lowest BCUT2D eigenvalue weighted by Gasteiger charge is -2.36.